The van der Waals surface area contributed by atoms with E-state index in [1.165, 1.54) is 16.8 Å². The summed E-state index contributed by atoms with van der Waals surface area (Å²) in [5, 5.41) is 0.727. The molecule has 1 atom stereocenters. The largest absolute Gasteiger partial charge is 0.375 e. The average Bonchev–Trinajstić information content (AvgIpc) is 3.11. The fourth-order valence-electron chi connectivity index (χ4n) is 4.02. The van der Waals surface area contributed by atoms with Crippen molar-refractivity contribution >= 4 is 11.6 Å². The van der Waals surface area contributed by atoms with E-state index in [4.69, 9.17) is 21.3 Å². The van der Waals surface area contributed by atoms with Crippen molar-refractivity contribution in [1.29, 1.82) is 0 Å². The molecule has 4 nitrogen and oxygen atoms in total. The minimum atomic E-state index is 0.306. The molecule has 0 saturated carbocycles. The number of aromatic amines is 1. The minimum Gasteiger partial charge on any atom is -0.375 e. The smallest absolute Gasteiger partial charge is 0.139 e. The molecule has 26 heavy (non-hydrogen) atoms. The Morgan fingerprint density at radius 2 is 1.96 bits per heavy atom. The maximum absolute atomic E-state index is 6.34. The number of rotatable bonds is 2. The maximum atomic E-state index is 6.34. The van der Waals surface area contributed by atoms with Crippen LogP contribution >= 0.6 is 11.6 Å². The van der Waals surface area contributed by atoms with Crippen LogP contribution in [-0.4, -0.2) is 28.0 Å². The average molecular weight is 366 g/mol. The highest BCUT2D eigenvalue weighted by Crippen LogP contribution is 2.34. The molecule has 0 saturated heterocycles. The van der Waals surface area contributed by atoms with Crippen LogP contribution in [0.25, 0.3) is 11.4 Å². The second-order valence-electron chi connectivity index (χ2n) is 6.94. The molecule has 2 aliphatic heterocycles. The summed E-state index contributed by atoms with van der Waals surface area (Å²) >= 11 is 6.34. The summed E-state index contributed by atoms with van der Waals surface area (Å²) in [4.78, 5) is 10.8. The quantitative estimate of drug-likeness (QED) is 0.733. The van der Waals surface area contributed by atoms with Crippen molar-refractivity contribution in [2.45, 2.75) is 25.6 Å². The second kappa shape index (κ2) is 6.54. The molecule has 5 heteroatoms. The Labute approximate surface area is 157 Å². The van der Waals surface area contributed by atoms with Gasteiger partial charge in [0.2, 0.25) is 0 Å². The van der Waals surface area contributed by atoms with E-state index in [0.29, 0.717) is 12.6 Å². The van der Waals surface area contributed by atoms with E-state index >= 15 is 0 Å². The third kappa shape index (κ3) is 2.75. The number of aromatic nitrogens is 2. The molecular formula is C21H20ClN3O. The molecule has 0 spiro atoms. The van der Waals surface area contributed by atoms with Crippen molar-refractivity contribution in [2.24, 2.45) is 0 Å². The fourth-order valence-corrected chi connectivity index (χ4v) is 4.25. The second-order valence-corrected chi connectivity index (χ2v) is 7.35. The standard InChI is InChI=1S/C21H20ClN3O/c22-17-8-4-3-7-16(17)21-23-18-9-10-25(11-19(18)24-21)20-13-26-12-14-5-1-2-6-15(14)20/h1-8,20H,9-13H2,(H,23,24). The van der Waals surface area contributed by atoms with Crippen molar-refractivity contribution < 1.29 is 4.74 Å². The van der Waals surface area contributed by atoms with Gasteiger partial charge in [-0.2, -0.15) is 0 Å². The number of benzene rings is 2. The first kappa shape index (κ1) is 16.1. The lowest BCUT2D eigenvalue weighted by molar-refractivity contribution is 0.0260. The molecule has 1 aromatic heterocycles. The van der Waals surface area contributed by atoms with Crippen molar-refractivity contribution in [3.05, 3.63) is 76.1 Å². The maximum Gasteiger partial charge on any atom is 0.139 e. The Morgan fingerprint density at radius 1 is 1.12 bits per heavy atom. The van der Waals surface area contributed by atoms with Crippen LogP contribution in [0.4, 0.5) is 0 Å². The van der Waals surface area contributed by atoms with Crippen LogP contribution in [0, 0.1) is 0 Å². The number of hydrogen-bond acceptors (Lipinski definition) is 3. The van der Waals surface area contributed by atoms with E-state index in [1.54, 1.807) is 0 Å². The molecule has 0 bridgehead atoms. The Kier molecular flexibility index (Phi) is 4.04. The highest BCUT2D eigenvalue weighted by molar-refractivity contribution is 6.33. The first-order valence-corrected chi connectivity index (χ1v) is 9.39. The molecule has 132 valence electrons. The van der Waals surface area contributed by atoms with E-state index < -0.39 is 0 Å². The molecule has 3 aromatic rings. The molecule has 0 aliphatic carbocycles. The van der Waals surface area contributed by atoms with E-state index in [0.717, 1.165) is 48.2 Å². The zero-order valence-corrected chi connectivity index (χ0v) is 15.2. The summed E-state index contributed by atoms with van der Waals surface area (Å²) in [5.41, 5.74) is 6.00. The number of hydrogen-bond donors (Lipinski definition) is 1. The molecule has 0 radical (unpaired) electrons. The summed E-state index contributed by atoms with van der Waals surface area (Å²) < 4.78 is 5.86. The van der Waals surface area contributed by atoms with Gasteiger partial charge in [-0.05, 0) is 23.3 Å². The van der Waals surface area contributed by atoms with Gasteiger partial charge in [-0.1, -0.05) is 48.0 Å². The lowest BCUT2D eigenvalue weighted by Gasteiger charge is -2.37. The normalized spacial score (nSPS) is 19.8. The highest BCUT2D eigenvalue weighted by Gasteiger charge is 2.30. The molecule has 0 fully saturated rings. The molecular weight excluding hydrogens is 346 g/mol. The molecule has 2 aromatic carbocycles. The number of H-pyrrole nitrogens is 1. The molecule has 3 heterocycles. The van der Waals surface area contributed by atoms with Crippen molar-refractivity contribution in [2.75, 3.05) is 13.2 Å². The summed E-state index contributed by atoms with van der Waals surface area (Å²) in [6.45, 7) is 3.31. The zero-order valence-electron chi connectivity index (χ0n) is 14.4. The zero-order chi connectivity index (χ0) is 17.5. The SMILES string of the molecule is Clc1ccccc1-c1nc2c([nH]1)CN(C1COCc3ccccc31)CC2. The molecule has 0 amide bonds. The van der Waals surface area contributed by atoms with Gasteiger partial charge < -0.3 is 9.72 Å². The lowest BCUT2D eigenvalue weighted by Crippen LogP contribution is -2.38. The predicted octanol–water partition coefficient (Wildman–Crippen LogP) is 4.36. The van der Waals surface area contributed by atoms with Crippen LogP contribution in [0.5, 0.6) is 0 Å². The van der Waals surface area contributed by atoms with Crippen molar-refractivity contribution in [3.63, 3.8) is 0 Å². The third-order valence-electron chi connectivity index (χ3n) is 5.38. The Morgan fingerprint density at radius 3 is 2.88 bits per heavy atom. The molecule has 5 rings (SSSR count). The lowest BCUT2D eigenvalue weighted by atomic mass is 9.96. The topological polar surface area (TPSA) is 41.2 Å². The molecule has 1 unspecified atom stereocenters. The van der Waals surface area contributed by atoms with Gasteiger partial charge in [0.15, 0.2) is 0 Å². The van der Waals surface area contributed by atoms with Crippen LogP contribution in [0.3, 0.4) is 0 Å². The summed E-state index contributed by atoms with van der Waals surface area (Å²) in [5.74, 6) is 0.864. The van der Waals surface area contributed by atoms with Crippen LogP contribution in [0.1, 0.15) is 28.6 Å². The highest BCUT2D eigenvalue weighted by atomic mass is 35.5. The summed E-state index contributed by atoms with van der Waals surface area (Å²) in [6, 6.07) is 16.8. The number of imidazole rings is 1. The van der Waals surface area contributed by atoms with Gasteiger partial charge in [0.25, 0.3) is 0 Å². The van der Waals surface area contributed by atoms with Gasteiger partial charge >= 0.3 is 0 Å². The molecule has 1 N–H and O–H groups in total. The van der Waals surface area contributed by atoms with Crippen LogP contribution < -0.4 is 0 Å². The van der Waals surface area contributed by atoms with Gasteiger partial charge in [0, 0.05) is 25.1 Å². The third-order valence-corrected chi connectivity index (χ3v) is 5.71. The monoisotopic (exact) mass is 365 g/mol. The van der Waals surface area contributed by atoms with Crippen molar-refractivity contribution in [1.82, 2.24) is 14.9 Å². The van der Waals surface area contributed by atoms with Gasteiger partial charge in [-0.3, -0.25) is 4.90 Å². The molecule has 2 aliphatic rings. The summed E-state index contributed by atoms with van der Waals surface area (Å²) in [6.07, 6.45) is 0.939. The van der Waals surface area contributed by atoms with Gasteiger partial charge in [0.1, 0.15) is 5.82 Å². The number of fused-ring (bicyclic) bond motifs is 2. The predicted molar refractivity (Wildman–Crippen MR) is 102 cm³/mol. The number of ether oxygens (including phenoxy) is 1. The van der Waals surface area contributed by atoms with Crippen LogP contribution in [0.15, 0.2) is 48.5 Å². The minimum absolute atomic E-state index is 0.306. The number of nitrogens with zero attached hydrogens (tertiary/aromatic N) is 2. The Bertz CT molecular complexity index is 952. The summed E-state index contributed by atoms with van der Waals surface area (Å²) in [7, 11) is 0. The Balaban J connectivity index is 1.44. The van der Waals surface area contributed by atoms with Gasteiger partial charge in [-0.15, -0.1) is 0 Å². The first-order chi connectivity index (χ1) is 12.8. The number of halogens is 1. The van der Waals surface area contributed by atoms with E-state index in [1.807, 2.05) is 24.3 Å². The van der Waals surface area contributed by atoms with E-state index in [-0.39, 0.29) is 0 Å². The van der Waals surface area contributed by atoms with Gasteiger partial charge in [0.05, 0.1) is 35.7 Å². The van der Waals surface area contributed by atoms with E-state index in [2.05, 4.69) is 34.1 Å². The number of nitrogens with one attached hydrogen (secondary N) is 1. The van der Waals surface area contributed by atoms with Gasteiger partial charge in [-0.25, -0.2) is 4.98 Å². The first-order valence-electron chi connectivity index (χ1n) is 9.02. The van der Waals surface area contributed by atoms with Crippen LogP contribution in [-0.2, 0) is 24.3 Å². The van der Waals surface area contributed by atoms with E-state index in [9.17, 15) is 0 Å². The van der Waals surface area contributed by atoms with Crippen molar-refractivity contribution in [3.8, 4) is 11.4 Å². The fraction of sp³-hybridized carbons (Fsp3) is 0.286. The van der Waals surface area contributed by atoms with Crippen LogP contribution in [0.2, 0.25) is 5.02 Å². The Hall–Kier alpha value is -2.14.